The summed E-state index contributed by atoms with van der Waals surface area (Å²) >= 11 is 1.91. The number of H-pyrrole nitrogens is 1. The van der Waals surface area contributed by atoms with E-state index in [-0.39, 0.29) is 11.9 Å². The van der Waals surface area contributed by atoms with Crippen LogP contribution in [0.15, 0.2) is 30.3 Å². The van der Waals surface area contributed by atoms with Gasteiger partial charge in [0.2, 0.25) is 11.9 Å². The molecule has 2 aromatic rings. The van der Waals surface area contributed by atoms with Crippen LogP contribution >= 0.6 is 11.8 Å². The maximum Gasteiger partial charge on any atom is 0.239 e. The number of carbonyl (C=O) groups excluding carboxylic acids is 1. The number of nitrogen functional groups attached to an aromatic ring is 1. The largest absolute Gasteiger partial charge is 0.366 e. The van der Waals surface area contributed by atoms with Gasteiger partial charge in [0.15, 0.2) is 5.82 Å². The molecule has 3 heterocycles. The fraction of sp³-hybridized carbons (Fsp3) is 0.450. The summed E-state index contributed by atoms with van der Waals surface area (Å²) in [4.78, 5) is 21.0. The molecule has 3 N–H and O–H groups in total. The number of aromatic nitrogens is 3. The Balaban J connectivity index is 1.34. The summed E-state index contributed by atoms with van der Waals surface area (Å²) in [7, 11) is 0. The van der Waals surface area contributed by atoms with Gasteiger partial charge in [-0.2, -0.15) is 16.7 Å². The van der Waals surface area contributed by atoms with E-state index in [1.54, 1.807) is 0 Å². The van der Waals surface area contributed by atoms with Crippen molar-refractivity contribution in [2.45, 2.75) is 18.1 Å². The number of nitrogens with two attached hydrogens (primary N) is 1. The van der Waals surface area contributed by atoms with Crippen LogP contribution in [0.5, 0.6) is 0 Å². The van der Waals surface area contributed by atoms with Crippen LogP contribution in [0.3, 0.4) is 0 Å². The number of hydrogen-bond acceptors (Lipinski definition) is 6. The van der Waals surface area contributed by atoms with Crippen molar-refractivity contribution in [1.29, 1.82) is 0 Å². The van der Waals surface area contributed by atoms with Crippen LogP contribution < -0.4 is 5.73 Å². The van der Waals surface area contributed by atoms with Gasteiger partial charge in [-0.25, -0.2) is 0 Å². The van der Waals surface area contributed by atoms with Crippen LogP contribution in [-0.4, -0.2) is 75.1 Å². The number of nitrogens with zero attached hydrogens (tertiary/aromatic N) is 4. The van der Waals surface area contributed by atoms with Crippen molar-refractivity contribution in [2.75, 3.05) is 44.7 Å². The van der Waals surface area contributed by atoms with E-state index in [1.165, 1.54) is 17.6 Å². The third-order valence-electron chi connectivity index (χ3n) is 5.52. The summed E-state index contributed by atoms with van der Waals surface area (Å²) in [5, 5.41) is 7.37. The number of amides is 1. The average Bonchev–Trinajstić information content (AvgIpc) is 3.37. The van der Waals surface area contributed by atoms with E-state index < -0.39 is 0 Å². The van der Waals surface area contributed by atoms with Gasteiger partial charge in [0, 0.05) is 30.4 Å². The summed E-state index contributed by atoms with van der Waals surface area (Å²) < 4.78 is 0. The quantitative estimate of drug-likeness (QED) is 0.802. The highest BCUT2D eigenvalue weighted by molar-refractivity contribution is 7.99. The van der Waals surface area contributed by atoms with Gasteiger partial charge in [-0.1, -0.05) is 30.3 Å². The molecular weight excluding hydrogens is 372 g/mol. The standard InChI is InChI=1S/C20H26N6OS/c1-28-17-8-9-25(12-17)13-18(27)26-10-6-15(7-11-26)14-2-4-16(5-3-14)19-22-20(21)24-23-19/h2-6,17H,7-13H2,1H3,(H3,21,22,23,24)/t17-/m0/s1. The topological polar surface area (TPSA) is 91.1 Å². The molecule has 2 aliphatic rings. The third-order valence-corrected chi connectivity index (χ3v) is 6.57. The molecule has 2 aliphatic heterocycles. The third kappa shape index (κ3) is 4.23. The lowest BCUT2D eigenvalue weighted by molar-refractivity contribution is -0.131. The molecule has 148 valence electrons. The van der Waals surface area contributed by atoms with Gasteiger partial charge in [0.25, 0.3) is 0 Å². The van der Waals surface area contributed by atoms with E-state index in [9.17, 15) is 4.79 Å². The Kier molecular flexibility index (Phi) is 5.68. The van der Waals surface area contributed by atoms with Gasteiger partial charge in [-0.15, -0.1) is 5.10 Å². The summed E-state index contributed by atoms with van der Waals surface area (Å²) in [6, 6.07) is 8.21. The molecule has 0 saturated carbocycles. The van der Waals surface area contributed by atoms with Crippen molar-refractivity contribution in [3.05, 3.63) is 35.9 Å². The van der Waals surface area contributed by atoms with Crippen molar-refractivity contribution < 1.29 is 4.79 Å². The number of nitrogens with one attached hydrogen (secondary N) is 1. The molecule has 1 atom stereocenters. The monoisotopic (exact) mass is 398 g/mol. The number of rotatable bonds is 5. The van der Waals surface area contributed by atoms with E-state index in [0.717, 1.165) is 31.6 Å². The summed E-state index contributed by atoms with van der Waals surface area (Å²) in [5.74, 6) is 1.16. The van der Waals surface area contributed by atoms with Crippen LogP contribution in [0.4, 0.5) is 5.95 Å². The Labute approximate surface area is 169 Å². The first kappa shape index (κ1) is 19.0. The van der Waals surface area contributed by atoms with Crippen molar-refractivity contribution >= 4 is 29.2 Å². The van der Waals surface area contributed by atoms with Gasteiger partial charge in [-0.05, 0) is 36.8 Å². The Bertz CT molecular complexity index is 862. The molecular formula is C20H26N6OS. The molecule has 0 unspecified atom stereocenters. The van der Waals surface area contributed by atoms with Crippen LogP contribution in [0, 0.1) is 0 Å². The van der Waals surface area contributed by atoms with Gasteiger partial charge < -0.3 is 10.6 Å². The predicted octanol–water partition coefficient (Wildman–Crippen LogP) is 2.11. The van der Waals surface area contributed by atoms with Crippen molar-refractivity contribution in [3.63, 3.8) is 0 Å². The van der Waals surface area contributed by atoms with Gasteiger partial charge in [0.1, 0.15) is 0 Å². The van der Waals surface area contributed by atoms with E-state index >= 15 is 0 Å². The molecule has 1 aromatic carbocycles. The number of anilines is 1. The smallest absolute Gasteiger partial charge is 0.239 e. The first-order chi connectivity index (χ1) is 13.6. The predicted molar refractivity (Wildman–Crippen MR) is 114 cm³/mol. The lowest BCUT2D eigenvalue weighted by Crippen LogP contribution is -2.41. The number of aromatic amines is 1. The van der Waals surface area contributed by atoms with Crippen LogP contribution in [-0.2, 0) is 4.79 Å². The minimum absolute atomic E-state index is 0.246. The molecule has 1 saturated heterocycles. The second-order valence-electron chi connectivity index (χ2n) is 7.32. The first-order valence-corrected chi connectivity index (χ1v) is 10.9. The van der Waals surface area contributed by atoms with E-state index in [0.29, 0.717) is 24.2 Å². The van der Waals surface area contributed by atoms with Crippen LogP contribution in [0.25, 0.3) is 17.0 Å². The zero-order valence-electron chi connectivity index (χ0n) is 16.1. The molecule has 7 nitrogen and oxygen atoms in total. The lowest BCUT2D eigenvalue weighted by atomic mass is 9.98. The molecule has 1 amide bonds. The highest BCUT2D eigenvalue weighted by Gasteiger charge is 2.26. The zero-order chi connectivity index (χ0) is 19.5. The maximum absolute atomic E-state index is 12.6. The van der Waals surface area contributed by atoms with Crippen molar-refractivity contribution in [3.8, 4) is 11.4 Å². The molecule has 4 rings (SSSR count). The van der Waals surface area contributed by atoms with Crippen LogP contribution in [0.1, 0.15) is 18.4 Å². The summed E-state index contributed by atoms with van der Waals surface area (Å²) in [6.07, 6.45) is 6.40. The highest BCUT2D eigenvalue weighted by atomic mass is 32.2. The second-order valence-corrected chi connectivity index (χ2v) is 8.46. The highest BCUT2D eigenvalue weighted by Crippen LogP contribution is 2.25. The fourth-order valence-corrected chi connectivity index (χ4v) is 4.53. The normalized spacial score (nSPS) is 20.4. The fourth-order valence-electron chi connectivity index (χ4n) is 3.83. The minimum Gasteiger partial charge on any atom is -0.366 e. The van der Waals surface area contributed by atoms with E-state index in [4.69, 9.17) is 5.73 Å². The average molecular weight is 399 g/mol. The number of benzene rings is 1. The van der Waals surface area contributed by atoms with Gasteiger partial charge in [-0.3, -0.25) is 14.8 Å². The number of thioether (sulfide) groups is 1. The molecule has 1 aromatic heterocycles. The van der Waals surface area contributed by atoms with Crippen LogP contribution in [0.2, 0.25) is 0 Å². The molecule has 0 bridgehead atoms. The molecule has 0 radical (unpaired) electrons. The SMILES string of the molecule is CS[C@H]1CCN(CC(=O)N2CC=C(c3ccc(-c4nc(N)n[nH]4)cc3)CC2)C1. The molecule has 28 heavy (non-hydrogen) atoms. The van der Waals surface area contributed by atoms with Gasteiger partial charge in [0.05, 0.1) is 6.54 Å². The lowest BCUT2D eigenvalue weighted by Gasteiger charge is -2.28. The van der Waals surface area contributed by atoms with E-state index in [2.05, 4.69) is 44.5 Å². The second kappa shape index (κ2) is 8.36. The zero-order valence-corrected chi connectivity index (χ0v) is 16.9. The van der Waals surface area contributed by atoms with E-state index in [1.807, 2.05) is 28.8 Å². The molecule has 1 fully saturated rings. The number of likely N-dealkylation sites (tertiary alicyclic amines) is 1. The Hall–Kier alpha value is -2.32. The Morgan fingerprint density at radius 2 is 2.07 bits per heavy atom. The molecule has 0 aliphatic carbocycles. The molecule has 0 spiro atoms. The Morgan fingerprint density at radius 1 is 1.29 bits per heavy atom. The minimum atomic E-state index is 0.246. The molecule has 8 heteroatoms. The number of carbonyl (C=O) groups is 1. The Morgan fingerprint density at radius 3 is 2.68 bits per heavy atom. The maximum atomic E-state index is 12.6. The first-order valence-electron chi connectivity index (χ1n) is 9.63. The summed E-state index contributed by atoms with van der Waals surface area (Å²) in [5.41, 5.74) is 8.99. The number of hydrogen-bond donors (Lipinski definition) is 2. The van der Waals surface area contributed by atoms with Crippen molar-refractivity contribution in [2.24, 2.45) is 0 Å². The summed E-state index contributed by atoms with van der Waals surface area (Å²) in [6.45, 7) is 4.09. The van der Waals surface area contributed by atoms with Gasteiger partial charge >= 0.3 is 0 Å². The van der Waals surface area contributed by atoms with Crippen molar-refractivity contribution in [1.82, 2.24) is 25.0 Å².